The van der Waals surface area contributed by atoms with Crippen LogP contribution < -0.4 is 0 Å². The molecule has 0 saturated carbocycles. The predicted molar refractivity (Wildman–Crippen MR) is 78.0 cm³/mol. The second-order valence-corrected chi connectivity index (χ2v) is 4.17. The summed E-state index contributed by atoms with van der Waals surface area (Å²) in [5, 5.41) is 2.62. The Morgan fingerprint density at radius 1 is 0.632 bits per heavy atom. The fourth-order valence-corrected chi connectivity index (χ4v) is 1.94. The van der Waals surface area contributed by atoms with E-state index >= 15 is 0 Å². The molecule has 92 valence electrons. The third-order valence-electron chi connectivity index (χ3n) is 2.90. The van der Waals surface area contributed by atoms with Crippen molar-refractivity contribution >= 4 is 21.9 Å². The van der Waals surface area contributed by atoms with Crippen molar-refractivity contribution in [1.29, 1.82) is 0 Å². The van der Waals surface area contributed by atoms with Crippen molar-refractivity contribution in [2.24, 2.45) is 0 Å². The molecule has 0 aliphatic carbocycles. The topological polar surface area (TPSA) is 26.0 Å². The second-order valence-electron chi connectivity index (χ2n) is 4.17. The minimum Gasteiger partial charge on any atom is -0.443 e. The quantitative estimate of drug-likeness (QED) is 0.451. The molecule has 0 radical (unpaired) electrons. The van der Waals surface area contributed by atoms with Crippen molar-refractivity contribution in [3.63, 3.8) is 0 Å². The van der Waals surface area contributed by atoms with Crippen LogP contribution in [0.5, 0.6) is 0 Å². The lowest BCUT2D eigenvalue weighted by Gasteiger charge is -1.92. The molecule has 0 spiro atoms. The Morgan fingerprint density at radius 3 is 1.74 bits per heavy atom. The molecule has 4 aromatic rings. The van der Waals surface area contributed by atoms with Gasteiger partial charge in [-0.3, -0.25) is 0 Å². The van der Waals surface area contributed by atoms with Gasteiger partial charge in [0.05, 0.1) is 0 Å². The van der Waals surface area contributed by atoms with Gasteiger partial charge in [0, 0.05) is 0 Å². The molecule has 1 aromatic heterocycles. The summed E-state index contributed by atoms with van der Waals surface area (Å²) in [6.45, 7) is 0. The molecule has 19 heavy (non-hydrogen) atoms. The molecule has 0 aliphatic heterocycles. The largest absolute Gasteiger partial charge is 0.443 e. The summed E-state index contributed by atoms with van der Waals surface area (Å²) in [4.78, 5) is 3.95. The first-order valence-electron chi connectivity index (χ1n) is 6.15. The normalized spacial score (nSPS) is 10.1. The van der Waals surface area contributed by atoms with Crippen LogP contribution in [-0.2, 0) is 0 Å². The number of fused-ring (bicyclic) bond motifs is 2. The fourth-order valence-electron chi connectivity index (χ4n) is 1.94. The highest BCUT2D eigenvalue weighted by atomic mass is 16.3. The first-order chi connectivity index (χ1) is 9.43. The van der Waals surface area contributed by atoms with E-state index in [-0.39, 0.29) is 0 Å². The maximum atomic E-state index is 5.01. The van der Waals surface area contributed by atoms with Crippen LogP contribution >= 0.6 is 0 Å². The zero-order chi connectivity index (χ0) is 12.9. The van der Waals surface area contributed by atoms with Crippen LogP contribution in [0.4, 0.5) is 0 Å². The lowest BCUT2D eigenvalue weighted by atomic mass is 10.1. The average molecular weight is 247 g/mol. The Morgan fingerprint density at radius 2 is 1.16 bits per heavy atom. The third-order valence-corrected chi connectivity index (χ3v) is 2.90. The minimum atomic E-state index is 0.845. The maximum absolute atomic E-state index is 5.01. The van der Waals surface area contributed by atoms with E-state index in [1.807, 2.05) is 24.3 Å². The summed E-state index contributed by atoms with van der Waals surface area (Å²) in [6.07, 6.45) is 1.45. The van der Waals surface area contributed by atoms with Crippen molar-refractivity contribution in [3.8, 4) is 0 Å². The van der Waals surface area contributed by atoms with Crippen LogP contribution in [0.3, 0.4) is 0 Å². The van der Waals surface area contributed by atoms with E-state index < -0.39 is 0 Å². The number of hydrogen-bond acceptors (Lipinski definition) is 2. The standard InChI is InChI=1S/C10H8.C7H5NO/c1-2-6-10-8-4-3-7-9(10)5-1;1-2-4-7-6(3-1)8-5-9-7/h1-8H;1-5H. The maximum Gasteiger partial charge on any atom is 0.181 e. The van der Waals surface area contributed by atoms with Crippen LogP contribution in [0.2, 0.25) is 0 Å². The van der Waals surface area contributed by atoms with Gasteiger partial charge in [0.2, 0.25) is 0 Å². The van der Waals surface area contributed by atoms with Gasteiger partial charge in [-0.25, -0.2) is 4.98 Å². The van der Waals surface area contributed by atoms with Crippen LogP contribution in [0, 0.1) is 0 Å². The second kappa shape index (κ2) is 5.36. The summed E-state index contributed by atoms with van der Waals surface area (Å²) in [6, 6.07) is 24.4. The molecule has 0 amide bonds. The highest BCUT2D eigenvalue weighted by molar-refractivity contribution is 5.82. The molecular weight excluding hydrogens is 234 g/mol. The Bertz CT molecular complexity index is 693. The van der Waals surface area contributed by atoms with Crippen LogP contribution in [0.1, 0.15) is 0 Å². The fraction of sp³-hybridized carbons (Fsp3) is 0. The van der Waals surface area contributed by atoms with Gasteiger partial charge in [-0.15, -0.1) is 0 Å². The molecule has 1 heterocycles. The lowest BCUT2D eigenvalue weighted by molar-refractivity contribution is 0.602. The number of benzene rings is 3. The van der Waals surface area contributed by atoms with Gasteiger partial charge in [-0.1, -0.05) is 60.7 Å². The van der Waals surface area contributed by atoms with Gasteiger partial charge in [-0.2, -0.15) is 0 Å². The van der Waals surface area contributed by atoms with Gasteiger partial charge in [-0.05, 0) is 22.9 Å². The summed E-state index contributed by atoms with van der Waals surface area (Å²) >= 11 is 0. The first-order valence-corrected chi connectivity index (χ1v) is 6.15. The van der Waals surface area contributed by atoms with Crippen molar-refractivity contribution in [1.82, 2.24) is 4.98 Å². The molecule has 0 unspecified atom stereocenters. The van der Waals surface area contributed by atoms with E-state index in [4.69, 9.17) is 4.42 Å². The molecule has 0 atom stereocenters. The smallest absolute Gasteiger partial charge is 0.181 e. The Balaban J connectivity index is 0.000000117. The SMILES string of the molecule is c1ccc2ccccc2c1.c1ccc2ocnc2c1. The van der Waals surface area contributed by atoms with E-state index in [2.05, 4.69) is 53.5 Å². The van der Waals surface area contributed by atoms with E-state index in [1.54, 1.807) is 0 Å². The van der Waals surface area contributed by atoms with Crippen molar-refractivity contribution in [2.45, 2.75) is 0 Å². The van der Waals surface area contributed by atoms with Gasteiger partial charge >= 0.3 is 0 Å². The van der Waals surface area contributed by atoms with Crippen molar-refractivity contribution < 1.29 is 4.42 Å². The molecule has 0 aliphatic rings. The Labute approximate surface area is 111 Å². The monoisotopic (exact) mass is 247 g/mol. The number of rotatable bonds is 0. The molecule has 0 bridgehead atoms. The van der Waals surface area contributed by atoms with E-state index in [9.17, 15) is 0 Å². The number of aromatic nitrogens is 1. The van der Waals surface area contributed by atoms with Gasteiger partial charge < -0.3 is 4.42 Å². The van der Waals surface area contributed by atoms with Crippen LogP contribution in [0.25, 0.3) is 21.9 Å². The van der Waals surface area contributed by atoms with Crippen molar-refractivity contribution in [2.75, 3.05) is 0 Å². The van der Waals surface area contributed by atoms with E-state index in [0.717, 1.165) is 11.1 Å². The number of oxazole rings is 1. The summed E-state index contributed by atoms with van der Waals surface area (Å²) in [7, 11) is 0. The molecule has 2 nitrogen and oxygen atoms in total. The van der Waals surface area contributed by atoms with Crippen molar-refractivity contribution in [3.05, 3.63) is 79.2 Å². The average Bonchev–Trinajstić information content (AvgIpc) is 2.96. The molecular formula is C17H13NO. The lowest BCUT2D eigenvalue weighted by Crippen LogP contribution is -1.67. The predicted octanol–water partition coefficient (Wildman–Crippen LogP) is 4.67. The van der Waals surface area contributed by atoms with Gasteiger partial charge in [0.25, 0.3) is 0 Å². The minimum absolute atomic E-state index is 0.845. The molecule has 0 fully saturated rings. The third kappa shape index (κ3) is 2.63. The molecule has 3 aromatic carbocycles. The highest BCUT2D eigenvalue weighted by Crippen LogP contribution is 2.11. The summed E-state index contributed by atoms with van der Waals surface area (Å²) < 4.78 is 5.01. The van der Waals surface area contributed by atoms with Gasteiger partial charge in [0.15, 0.2) is 12.0 Å². The van der Waals surface area contributed by atoms with Crippen LogP contribution in [-0.4, -0.2) is 4.98 Å². The Kier molecular flexibility index (Phi) is 3.24. The molecule has 0 saturated heterocycles. The first kappa shape index (κ1) is 11.5. The molecule has 0 N–H and O–H groups in total. The van der Waals surface area contributed by atoms with Crippen LogP contribution in [0.15, 0.2) is 83.6 Å². The zero-order valence-corrected chi connectivity index (χ0v) is 10.4. The van der Waals surface area contributed by atoms with E-state index in [0.29, 0.717) is 0 Å². The molecule has 2 heteroatoms. The highest BCUT2D eigenvalue weighted by Gasteiger charge is 1.91. The number of para-hydroxylation sites is 2. The zero-order valence-electron chi connectivity index (χ0n) is 10.4. The van der Waals surface area contributed by atoms with Gasteiger partial charge in [0.1, 0.15) is 5.52 Å². The number of hydrogen-bond donors (Lipinski definition) is 0. The van der Waals surface area contributed by atoms with E-state index in [1.165, 1.54) is 17.2 Å². The Hall–Kier alpha value is -2.61. The number of nitrogens with zero attached hydrogens (tertiary/aromatic N) is 1. The summed E-state index contributed by atoms with van der Waals surface area (Å²) in [5.41, 5.74) is 1.76. The summed E-state index contributed by atoms with van der Waals surface area (Å²) in [5.74, 6) is 0. The molecule has 4 rings (SSSR count).